The number of carbonyl (C=O) groups excluding carboxylic acids is 1. The van der Waals surface area contributed by atoms with Crippen molar-refractivity contribution >= 4 is 27.5 Å². The Balaban J connectivity index is 1.97. The van der Waals surface area contributed by atoms with Gasteiger partial charge in [-0.15, -0.1) is 0 Å². The second-order valence-corrected chi connectivity index (χ2v) is 6.28. The fourth-order valence-electron chi connectivity index (χ4n) is 2.08. The maximum absolute atomic E-state index is 12.4. The summed E-state index contributed by atoms with van der Waals surface area (Å²) in [7, 11) is 0. The van der Waals surface area contributed by atoms with Crippen LogP contribution in [-0.2, 0) is 0 Å². The van der Waals surface area contributed by atoms with E-state index in [9.17, 15) is 4.79 Å². The van der Waals surface area contributed by atoms with Crippen molar-refractivity contribution in [3.63, 3.8) is 0 Å². The lowest BCUT2D eigenvalue weighted by molar-refractivity contribution is 0.102. The molecule has 0 fully saturated rings. The number of hydrogen-bond donors (Lipinski definition) is 1. The first kappa shape index (κ1) is 19.1. The van der Waals surface area contributed by atoms with Crippen LogP contribution in [0.2, 0.25) is 0 Å². The molecule has 0 heterocycles. The number of carbonyl (C=O) groups is 1. The van der Waals surface area contributed by atoms with E-state index in [2.05, 4.69) is 34.7 Å². The predicted molar refractivity (Wildman–Crippen MR) is 105 cm³/mol. The Bertz CT molecular complexity index is 713. The molecule has 0 spiro atoms. The van der Waals surface area contributed by atoms with Crippen LogP contribution in [0.1, 0.15) is 30.1 Å². The molecule has 2 aromatic carbocycles. The normalized spacial score (nSPS) is 10.2. The van der Waals surface area contributed by atoms with E-state index in [1.165, 1.54) is 0 Å². The summed E-state index contributed by atoms with van der Waals surface area (Å²) in [6, 6.07) is 12.6. The third-order valence-corrected chi connectivity index (χ3v) is 4.05. The van der Waals surface area contributed by atoms with Gasteiger partial charge in [0.05, 0.1) is 11.1 Å². The predicted octanol–water partition coefficient (Wildman–Crippen LogP) is 5.45. The monoisotopic (exact) mass is 403 g/mol. The number of rotatable bonds is 9. The maximum atomic E-state index is 12.4. The van der Waals surface area contributed by atoms with E-state index >= 15 is 0 Å². The molecule has 0 aliphatic heterocycles. The quantitative estimate of drug-likeness (QED) is 0.447. The van der Waals surface area contributed by atoms with Gasteiger partial charge in [-0.25, -0.2) is 0 Å². The molecule has 4 nitrogen and oxygen atoms in total. The lowest BCUT2D eigenvalue weighted by Crippen LogP contribution is -2.12. The van der Waals surface area contributed by atoms with Crippen LogP contribution < -0.4 is 14.8 Å². The van der Waals surface area contributed by atoms with Crippen molar-refractivity contribution in [3.05, 3.63) is 65.2 Å². The van der Waals surface area contributed by atoms with Crippen LogP contribution in [0.25, 0.3) is 0 Å². The van der Waals surface area contributed by atoms with Crippen LogP contribution in [0.3, 0.4) is 0 Å². The standard InChI is InChI=1S/C20H22BrNO3/c1-3-5-13-24-17-9-7-16(8-10-17)22-20(23)15-6-11-19(18(21)14-15)25-12-4-2/h4,6-11,14H,2-3,5,12-13H2,1H3,(H,22,23). The summed E-state index contributed by atoms with van der Waals surface area (Å²) < 4.78 is 11.8. The van der Waals surface area contributed by atoms with Gasteiger partial charge in [0.1, 0.15) is 18.1 Å². The van der Waals surface area contributed by atoms with Crippen molar-refractivity contribution in [2.75, 3.05) is 18.5 Å². The minimum atomic E-state index is -0.185. The fraction of sp³-hybridized carbons (Fsp3) is 0.250. The van der Waals surface area contributed by atoms with Gasteiger partial charge in [0, 0.05) is 11.3 Å². The third-order valence-electron chi connectivity index (χ3n) is 3.43. The number of anilines is 1. The average molecular weight is 404 g/mol. The molecule has 0 saturated heterocycles. The lowest BCUT2D eigenvalue weighted by atomic mass is 10.2. The zero-order valence-corrected chi connectivity index (χ0v) is 15.8. The highest BCUT2D eigenvalue weighted by molar-refractivity contribution is 9.10. The van der Waals surface area contributed by atoms with Gasteiger partial charge in [-0.1, -0.05) is 26.0 Å². The molecule has 132 valence electrons. The highest BCUT2D eigenvalue weighted by Gasteiger charge is 2.09. The number of benzene rings is 2. The number of unbranched alkanes of at least 4 members (excludes halogenated alkanes) is 1. The molecule has 0 aliphatic carbocycles. The minimum Gasteiger partial charge on any atom is -0.494 e. The zero-order chi connectivity index (χ0) is 18.1. The molecule has 0 saturated carbocycles. The second kappa shape index (κ2) is 9.89. The summed E-state index contributed by atoms with van der Waals surface area (Å²) >= 11 is 3.41. The molecular formula is C20H22BrNO3. The smallest absolute Gasteiger partial charge is 0.255 e. The van der Waals surface area contributed by atoms with Crippen LogP contribution in [0.15, 0.2) is 59.6 Å². The molecule has 0 radical (unpaired) electrons. The second-order valence-electron chi connectivity index (χ2n) is 5.43. The molecule has 1 amide bonds. The van der Waals surface area contributed by atoms with Gasteiger partial charge >= 0.3 is 0 Å². The molecule has 25 heavy (non-hydrogen) atoms. The topological polar surface area (TPSA) is 47.6 Å². The van der Waals surface area contributed by atoms with Crippen molar-refractivity contribution in [2.45, 2.75) is 19.8 Å². The van der Waals surface area contributed by atoms with Crippen LogP contribution in [0.4, 0.5) is 5.69 Å². The van der Waals surface area contributed by atoms with Gasteiger partial charge in [0.15, 0.2) is 0 Å². The molecule has 5 heteroatoms. The van der Waals surface area contributed by atoms with E-state index < -0.39 is 0 Å². The molecule has 2 aromatic rings. The van der Waals surface area contributed by atoms with Gasteiger partial charge in [0.2, 0.25) is 0 Å². The SMILES string of the molecule is C=CCOc1ccc(C(=O)Nc2ccc(OCCCC)cc2)cc1Br. The highest BCUT2D eigenvalue weighted by Crippen LogP contribution is 2.26. The van der Waals surface area contributed by atoms with Gasteiger partial charge in [-0.05, 0) is 64.8 Å². The summed E-state index contributed by atoms with van der Waals surface area (Å²) in [6.07, 6.45) is 3.80. The first-order valence-electron chi connectivity index (χ1n) is 8.21. The summed E-state index contributed by atoms with van der Waals surface area (Å²) in [5, 5.41) is 2.87. The van der Waals surface area contributed by atoms with Crippen molar-refractivity contribution in [3.8, 4) is 11.5 Å². The fourth-order valence-corrected chi connectivity index (χ4v) is 2.57. The lowest BCUT2D eigenvalue weighted by Gasteiger charge is -2.10. The van der Waals surface area contributed by atoms with Gasteiger partial charge < -0.3 is 14.8 Å². The molecule has 0 bridgehead atoms. The van der Waals surface area contributed by atoms with Crippen LogP contribution >= 0.6 is 15.9 Å². The van der Waals surface area contributed by atoms with Gasteiger partial charge in [-0.3, -0.25) is 4.79 Å². The Morgan fingerprint density at radius 1 is 1.20 bits per heavy atom. The number of amides is 1. The Morgan fingerprint density at radius 3 is 2.60 bits per heavy atom. The molecule has 0 atom stereocenters. The van der Waals surface area contributed by atoms with Gasteiger partial charge in [0.25, 0.3) is 5.91 Å². The summed E-state index contributed by atoms with van der Waals surface area (Å²) in [5.74, 6) is 1.29. The first-order chi connectivity index (χ1) is 12.1. The molecule has 2 rings (SSSR count). The Labute approximate surface area is 157 Å². The minimum absolute atomic E-state index is 0.185. The van der Waals surface area contributed by atoms with Gasteiger partial charge in [-0.2, -0.15) is 0 Å². The summed E-state index contributed by atoms with van der Waals surface area (Å²) in [4.78, 5) is 12.4. The summed E-state index contributed by atoms with van der Waals surface area (Å²) in [6.45, 7) is 6.85. The van der Waals surface area contributed by atoms with Crippen LogP contribution in [0.5, 0.6) is 11.5 Å². The summed E-state index contributed by atoms with van der Waals surface area (Å²) in [5.41, 5.74) is 1.26. The number of halogens is 1. The Hall–Kier alpha value is -2.27. The van der Waals surface area contributed by atoms with Crippen molar-refractivity contribution in [1.29, 1.82) is 0 Å². The molecular weight excluding hydrogens is 382 g/mol. The number of nitrogens with one attached hydrogen (secondary N) is 1. The largest absolute Gasteiger partial charge is 0.494 e. The van der Waals surface area contributed by atoms with Crippen LogP contribution in [0, 0.1) is 0 Å². The third kappa shape index (κ3) is 5.94. The molecule has 0 aromatic heterocycles. The van der Waals surface area contributed by atoms with E-state index in [1.807, 2.05) is 24.3 Å². The first-order valence-corrected chi connectivity index (χ1v) is 9.00. The molecule has 0 aliphatic rings. The van der Waals surface area contributed by atoms with Crippen molar-refractivity contribution in [1.82, 2.24) is 0 Å². The van der Waals surface area contributed by atoms with E-state index in [4.69, 9.17) is 9.47 Å². The zero-order valence-electron chi connectivity index (χ0n) is 14.3. The molecule has 1 N–H and O–H groups in total. The maximum Gasteiger partial charge on any atom is 0.255 e. The van der Waals surface area contributed by atoms with E-state index in [1.54, 1.807) is 24.3 Å². The Kier molecular flexibility index (Phi) is 7.54. The van der Waals surface area contributed by atoms with Crippen LogP contribution in [-0.4, -0.2) is 19.1 Å². The van der Waals surface area contributed by atoms with Crippen molar-refractivity contribution in [2.24, 2.45) is 0 Å². The van der Waals surface area contributed by atoms with E-state index in [0.29, 0.717) is 24.5 Å². The average Bonchev–Trinajstić information content (AvgIpc) is 2.62. The number of ether oxygens (including phenoxy) is 2. The number of hydrogen-bond acceptors (Lipinski definition) is 3. The van der Waals surface area contributed by atoms with Crippen molar-refractivity contribution < 1.29 is 14.3 Å². The Morgan fingerprint density at radius 2 is 1.96 bits per heavy atom. The van der Waals surface area contributed by atoms with E-state index in [0.717, 1.165) is 28.8 Å². The van der Waals surface area contributed by atoms with E-state index in [-0.39, 0.29) is 5.91 Å². The molecule has 0 unspecified atom stereocenters. The highest BCUT2D eigenvalue weighted by atomic mass is 79.9.